The second-order valence-electron chi connectivity index (χ2n) is 7.25. The van der Waals surface area contributed by atoms with Crippen LogP contribution in [-0.2, 0) is 20.1 Å². The molecule has 2 amide bonds. The molecule has 0 aromatic heterocycles. The summed E-state index contributed by atoms with van der Waals surface area (Å²) >= 11 is 0. The second-order valence-corrected chi connectivity index (χ2v) is 7.25. The van der Waals surface area contributed by atoms with Crippen molar-refractivity contribution in [2.24, 2.45) is 10.4 Å². The number of ketones is 1. The molecule has 3 rings (SSSR count). The Morgan fingerprint density at radius 2 is 1.79 bits per heavy atom. The molecule has 0 aliphatic carbocycles. The van der Waals surface area contributed by atoms with Gasteiger partial charge >= 0.3 is 11.8 Å². The van der Waals surface area contributed by atoms with Gasteiger partial charge in [0.25, 0.3) is 0 Å². The van der Waals surface area contributed by atoms with Gasteiger partial charge in [0.2, 0.25) is 0 Å². The number of aliphatic hydroxyl groups is 1. The zero-order valence-electron chi connectivity index (χ0n) is 17.0. The van der Waals surface area contributed by atoms with E-state index in [9.17, 15) is 4.79 Å². The van der Waals surface area contributed by atoms with E-state index in [1.165, 1.54) is 19.9 Å². The van der Waals surface area contributed by atoms with E-state index < -0.39 is 0 Å². The van der Waals surface area contributed by atoms with Gasteiger partial charge in [-0.05, 0) is 30.2 Å². The van der Waals surface area contributed by atoms with Crippen LogP contribution in [0.4, 0.5) is 10.5 Å². The van der Waals surface area contributed by atoms with Crippen LogP contribution in [0.25, 0.3) is 0 Å². The van der Waals surface area contributed by atoms with Gasteiger partial charge in [-0.3, -0.25) is 9.69 Å². The van der Waals surface area contributed by atoms with Gasteiger partial charge in [-0.25, -0.2) is 9.79 Å². The fourth-order valence-electron chi connectivity index (χ4n) is 2.92. The summed E-state index contributed by atoms with van der Waals surface area (Å²) in [5, 5.41) is 8.40. The summed E-state index contributed by atoms with van der Waals surface area (Å²) in [6, 6.07) is 20.3. The molecule has 0 fully saturated rings. The minimum absolute atomic E-state index is 0. The molecule has 5 nitrogen and oxygen atoms in total. The first-order valence-corrected chi connectivity index (χ1v) is 9.03. The fourth-order valence-corrected chi connectivity index (χ4v) is 2.92. The number of benzene rings is 2. The molecule has 0 atom stereocenters. The number of aliphatic imine (C=N–C) groups is 1. The number of nitrogens with zero attached hydrogens (tertiary/aromatic N) is 2. The minimum atomic E-state index is -0.221. The second kappa shape index (κ2) is 10.8. The van der Waals surface area contributed by atoms with E-state index in [0.717, 1.165) is 17.0 Å². The number of urea groups is 1. The monoisotopic (exact) mass is 571 g/mol. The van der Waals surface area contributed by atoms with Crippen LogP contribution < -0.4 is 4.90 Å². The molecular formula is C23H26IrN2O3. The summed E-state index contributed by atoms with van der Waals surface area (Å²) in [6.07, 6.45) is 1.28. The van der Waals surface area contributed by atoms with Crippen molar-refractivity contribution >= 4 is 23.2 Å². The Balaban J connectivity index is 0.000000456. The SMILES string of the molecule is CC(=[OH+])/C=C(/C)O.CC1(C)CN(c2ccccc2)C(=O)N=C1c1[c-]cccc1.[Ir]. The third-order valence-corrected chi connectivity index (χ3v) is 4.08. The smallest absolute Gasteiger partial charge is 0.338 e. The van der Waals surface area contributed by atoms with Crippen molar-refractivity contribution < 1.29 is 34.8 Å². The van der Waals surface area contributed by atoms with Crippen LogP contribution >= 0.6 is 0 Å². The predicted molar refractivity (Wildman–Crippen MR) is 114 cm³/mol. The van der Waals surface area contributed by atoms with Gasteiger partial charge in [-0.1, -0.05) is 32.0 Å². The molecule has 0 unspecified atom stereocenters. The van der Waals surface area contributed by atoms with E-state index in [1.807, 2.05) is 54.6 Å². The van der Waals surface area contributed by atoms with Gasteiger partial charge < -0.3 is 5.11 Å². The Bertz CT molecular complexity index is 887. The molecule has 155 valence electrons. The summed E-state index contributed by atoms with van der Waals surface area (Å²) in [5.41, 5.74) is 2.36. The number of carbonyl (C=O) groups excluding carboxylic acids is 2. The van der Waals surface area contributed by atoms with Crippen molar-refractivity contribution in [3.8, 4) is 0 Å². The number of para-hydroxylation sites is 1. The van der Waals surface area contributed by atoms with Crippen LogP contribution in [0.1, 0.15) is 33.3 Å². The maximum atomic E-state index is 12.4. The molecule has 2 aromatic carbocycles. The molecule has 1 aliphatic heterocycles. The van der Waals surface area contributed by atoms with E-state index in [1.54, 1.807) is 4.90 Å². The van der Waals surface area contributed by atoms with Crippen LogP contribution in [0, 0.1) is 11.5 Å². The summed E-state index contributed by atoms with van der Waals surface area (Å²) in [5.74, 6) is 0.250. The average Bonchev–Trinajstić information content (AvgIpc) is 2.64. The number of amides is 2. The first kappa shape index (κ1) is 24.5. The van der Waals surface area contributed by atoms with Crippen LogP contribution in [0.5, 0.6) is 0 Å². The van der Waals surface area contributed by atoms with Crippen LogP contribution in [0.15, 0.2) is 71.4 Å². The Kier molecular flexibility index (Phi) is 9.15. The molecule has 0 saturated carbocycles. The first-order valence-electron chi connectivity index (χ1n) is 9.03. The quantitative estimate of drug-likeness (QED) is 0.245. The number of anilines is 1. The maximum Gasteiger partial charge on any atom is 0.338 e. The van der Waals surface area contributed by atoms with E-state index in [4.69, 9.17) is 9.90 Å². The van der Waals surface area contributed by atoms with Gasteiger partial charge in [0.05, 0.1) is 18.8 Å². The van der Waals surface area contributed by atoms with Gasteiger partial charge in [0.1, 0.15) is 0 Å². The fraction of sp³-hybridized carbons (Fsp3) is 0.261. The van der Waals surface area contributed by atoms with Crippen molar-refractivity contribution in [2.75, 3.05) is 11.4 Å². The van der Waals surface area contributed by atoms with E-state index in [2.05, 4.69) is 24.9 Å². The molecule has 1 heterocycles. The maximum absolute atomic E-state index is 12.4. The molecule has 2 N–H and O–H groups in total. The number of hydrogen-bond donors (Lipinski definition) is 1. The summed E-state index contributed by atoms with van der Waals surface area (Å²) < 4.78 is 0. The molecule has 0 bridgehead atoms. The third-order valence-electron chi connectivity index (χ3n) is 4.08. The zero-order valence-corrected chi connectivity index (χ0v) is 19.4. The molecule has 2 aromatic rings. The number of aliphatic hydroxyl groups excluding tert-OH is 1. The summed E-state index contributed by atoms with van der Waals surface area (Å²) in [7, 11) is 0. The average molecular weight is 571 g/mol. The van der Waals surface area contributed by atoms with Crippen LogP contribution in [-0.4, -0.2) is 34.0 Å². The standard InChI is InChI=1S/C18H17N2O.C5H8O2.Ir/c1-18(2)13-20(15-11-7-4-8-12-15)17(21)19-16(18)14-9-5-3-6-10-14;1-4(6)3-5(2)7;/h3-9,11-12H,13H2,1-2H3;3,6H,1-2H3;/q-1;;/p+1/b;4-3-;. The molecule has 6 heteroatoms. The minimum Gasteiger partial charge on any atom is -0.512 e. The molecule has 1 radical (unpaired) electrons. The Labute approximate surface area is 185 Å². The third kappa shape index (κ3) is 7.08. The largest absolute Gasteiger partial charge is 0.512 e. The van der Waals surface area contributed by atoms with E-state index in [-0.39, 0.29) is 43.1 Å². The van der Waals surface area contributed by atoms with Gasteiger partial charge in [-0.15, -0.1) is 35.9 Å². The molecular weight excluding hydrogens is 544 g/mol. The number of rotatable bonds is 3. The van der Waals surface area contributed by atoms with E-state index in [0.29, 0.717) is 6.54 Å². The van der Waals surface area contributed by atoms with Gasteiger partial charge in [0, 0.05) is 32.3 Å². The Morgan fingerprint density at radius 1 is 1.17 bits per heavy atom. The Morgan fingerprint density at radius 3 is 2.28 bits per heavy atom. The van der Waals surface area contributed by atoms with Gasteiger partial charge in [0.15, 0.2) is 0 Å². The van der Waals surface area contributed by atoms with Crippen molar-refractivity contribution in [2.45, 2.75) is 27.7 Å². The van der Waals surface area contributed by atoms with Crippen molar-refractivity contribution in [3.05, 3.63) is 78.1 Å². The Hall–Kier alpha value is -2.56. The summed E-state index contributed by atoms with van der Waals surface area (Å²) in [4.78, 5) is 26.9. The topological polar surface area (TPSA) is 74.3 Å². The normalized spacial score (nSPS) is 15.4. The molecule has 0 saturated heterocycles. The summed E-state index contributed by atoms with van der Waals surface area (Å²) in [6.45, 7) is 7.82. The van der Waals surface area contributed by atoms with E-state index >= 15 is 0 Å². The molecule has 0 spiro atoms. The predicted octanol–water partition coefficient (Wildman–Crippen LogP) is 4.95. The van der Waals surface area contributed by atoms with Crippen LogP contribution in [0.2, 0.25) is 0 Å². The number of carbonyl (C=O) groups is 1. The molecule has 29 heavy (non-hydrogen) atoms. The van der Waals surface area contributed by atoms with Crippen molar-refractivity contribution in [1.29, 1.82) is 0 Å². The molecule has 1 aliphatic rings. The first-order chi connectivity index (χ1) is 13.2. The van der Waals surface area contributed by atoms with Gasteiger partial charge in [-0.2, -0.15) is 0 Å². The number of hydrogen-bond acceptors (Lipinski definition) is 2. The van der Waals surface area contributed by atoms with Crippen molar-refractivity contribution in [3.63, 3.8) is 0 Å². The van der Waals surface area contributed by atoms with Crippen molar-refractivity contribution in [1.82, 2.24) is 0 Å². The number of allylic oxidation sites excluding steroid dienone is 2. The zero-order chi connectivity index (χ0) is 20.7. The van der Waals surface area contributed by atoms with Crippen LogP contribution in [0.3, 0.4) is 0 Å².